The van der Waals surface area contributed by atoms with Crippen molar-refractivity contribution in [1.82, 2.24) is 10.2 Å². The molecule has 6 heteroatoms. The third-order valence-corrected chi connectivity index (χ3v) is 4.67. The summed E-state index contributed by atoms with van der Waals surface area (Å²) in [7, 11) is 0. The van der Waals surface area contributed by atoms with Crippen molar-refractivity contribution in [3.63, 3.8) is 0 Å². The number of likely N-dealkylation sites (tertiary alicyclic amines) is 1. The Morgan fingerprint density at radius 3 is 2.96 bits per heavy atom. The van der Waals surface area contributed by atoms with E-state index in [0.717, 1.165) is 36.6 Å². The zero-order valence-corrected chi connectivity index (χ0v) is 14.5. The summed E-state index contributed by atoms with van der Waals surface area (Å²) >= 11 is 0. The van der Waals surface area contributed by atoms with Crippen LogP contribution in [0.5, 0.6) is 11.5 Å². The second-order valence-corrected chi connectivity index (χ2v) is 6.34. The van der Waals surface area contributed by atoms with Gasteiger partial charge in [-0.1, -0.05) is 13.0 Å². The number of nitrogens with zero attached hydrogens (tertiary/aromatic N) is 2. The Labute approximate surface area is 144 Å². The number of ether oxygens (including phenoxy) is 2. The first-order valence-corrected chi connectivity index (χ1v) is 8.92. The molecule has 3 N–H and O–H groups in total. The molecule has 1 atom stereocenters. The quantitative estimate of drug-likeness (QED) is 0.635. The van der Waals surface area contributed by atoms with Crippen molar-refractivity contribution in [2.75, 3.05) is 32.8 Å². The predicted octanol–water partition coefficient (Wildman–Crippen LogP) is 1.74. The zero-order valence-electron chi connectivity index (χ0n) is 14.5. The molecule has 1 unspecified atom stereocenters. The molecular formula is C18H28N4O2. The fourth-order valence-electron chi connectivity index (χ4n) is 3.30. The second-order valence-electron chi connectivity index (χ2n) is 6.34. The highest BCUT2D eigenvalue weighted by atomic mass is 16.5. The highest BCUT2D eigenvalue weighted by Gasteiger charge is 2.22. The van der Waals surface area contributed by atoms with E-state index < -0.39 is 0 Å². The van der Waals surface area contributed by atoms with Crippen molar-refractivity contribution in [2.24, 2.45) is 10.7 Å². The molecule has 0 bridgehead atoms. The number of benzene rings is 1. The average molecular weight is 332 g/mol. The van der Waals surface area contributed by atoms with Crippen LogP contribution in [0.4, 0.5) is 0 Å². The number of aliphatic imine (C=N–C) groups is 1. The van der Waals surface area contributed by atoms with Crippen molar-refractivity contribution in [2.45, 2.75) is 38.8 Å². The van der Waals surface area contributed by atoms with Crippen molar-refractivity contribution < 1.29 is 9.47 Å². The summed E-state index contributed by atoms with van der Waals surface area (Å²) in [6.45, 7) is 7.30. The fourth-order valence-corrected chi connectivity index (χ4v) is 3.30. The standard InChI is InChI=1S/C18H28N4O2/c1-2-22-8-3-5-15(22)13-21-18(19)20-12-14-6-7-16-17(11-14)24-10-4-9-23-16/h6-7,11,15H,2-5,8-10,12-13H2,1H3,(H3,19,20,21). The minimum absolute atomic E-state index is 0.505. The summed E-state index contributed by atoms with van der Waals surface area (Å²) in [6, 6.07) is 6.53. The van der Waals surface area contributed by atoms with Gasteiger partial charge in [0.1, 0.15) is 0 Å². The molecule has 2 heterocycles. The normalized spacial score (nSPS) is 21.5. The van der Waals surface area contributed by atoms with E-state index >= 15 is 0 Å². The van der Waals surface area contributed by atoms with E-state index in [9.17, 15) is 0 Å². The molecule has 0 radical (unpaired) electrons. The van der Waals surface area contributed by atoms with Gasteiger partial charge < -0.3 is 20.5 Å². The minimum Gasteiger partial charge on any atom is -0.490 e. The Morgan fingerprint density at radius 2 is 2.12 bits per heavy atom. The molecule has 0 amide bonds. The maximum Gasteiger partial charge on any atom is 0.188 e. The van der Waals surface area contributed by atoms with E-state index in [0.29, 0.717) is 31.8 Å². The first-order chi connectivity index (χ1) is 11.8. The van der Waals surface area contributed by atoms with E-state index in [2.05, 4.69) is 22.1 Å². The Hall–Kier alpha value is -1.95. The first kappa shape index (κ1) is 16.9. The average Bonchev–Trinajstić information content (AvgIpc) is 2.93. The van der Waals surface area contributed by atoms with Crippen LogP contribution in [0, 0.1) is 0 Å². The summed E-state index contributed by atoms with van der Waals surface area (Å²) in [5.74, 6) is 2.12. The third-order valence-electron chi connectivity index (χ3n) is 4.67. The van der Waals surface area contributed by atoms with Gasteiger partial charge >= 0.3 is 0 Å². The molecule has 1 fully saturated rings. The summed E-state index contributed by atoms with van der Waals surface area (Å²) in [5, 5.41) is 3.26. The number of fused-ring (bicyclic) bond motifs is 1. The molecule has 3 rings (SSSR count). The van der Waals surface area contributed by atoms with Crippen molar-refractivity contribution in [3.8, 4) is 11.5 Å². The number of hydrogen-bond donors (Lipinski definition) is 2. The Balaban J connectivity index is 1.52. The van der Waals surface area contributed by atoms with Gasteiger partial charge in [-0.15, -0.1) is 0 Å². The molecule has 132 valence electrons. The number of hydrogen-bond acceptors (Lipinski definition) is 4. The number of guanidine groups is 1. The van der Waals surface area contributed by atoms with Crippen LogP contribution in [0.3, 0.4) is 0 Å². The molecule has 2 aliphatic heterocycles. The van der Waals surface area contributed by atoms with Gasteiger partial charge in [-0.25, -0.2) is 4.99 Å². The minimum atomic E-state index is 0.505. The van der Waals surface area contributed by atoms with E-state index in [1.54, 1.807) is 0 Å². The number of rotatable bonds is 5. The zero-order chi connectivity index (χ0) is 16.8. The molecule has 0 spiro atoms. The lowest BCUT2D eigenvalue weighted by Gasteiger charge is -2.23. The fraction of sp³-hybridized carbons (Fsp3) is 0.611. The summed E-state index contributed by atoms with van der Waals surface area (Å²) < 4.78 is 11.4. The van der Waals surface area contributed by atoms with Crippen molar-refractivity contribution in [3.05, 3.63) is 23.8 Å². The molecular weight excluding hydrogens is 304 g/mol. The van der Waals surface area contributed by atoms with Crippen LogP contribution in [0.2, 0.25) is 0 Å². The number of nitrogens with one attached hydrogen (secondary N) is 1. The molecule has 6 nitrogen and oxygen atoms in total. The van der Waals surface area contributed by atoms with Crippen LogP contribution >= 0.6 is 0 Å². The van der Waals surface area contributed by atoms with Gasteiger partial charge in [-0.05, 0) is 43.6 Å². The molecule has 0 aromatic heterocycles. The lowest BCUT2D eigenvalue weighted by atomic mass is 10.2. The Bertz CT molecular complexity index is 576. The largest absolute Gasteiger partial charge is 0.490 e. The third kappa shape index (κ3) is 4.32. The summed E-state index contributed by atoms with van der Waals surface area (Å²) in [4.78, 5) is 6.94. The smallest absolute Gasteiger partial charge is 0.188 e. The predicted molar refractivity (Wildman–Crippen MR) is 95.6 cm³/mol. The van der Waals surface area contributed by atoms with Crippen LogP contribution < -0.4 is 20.5 Å². The van der Waals surface area contributed by atoms with Gasteiger partial charge in [0.15, 0.2) is 17.5 Å². The van der Waals surface area contributed by atoms with Crippen LogP contribution in [-0.4, -0.2) is 49.7 Å². The highest BCUT2D eigenvalue weighted by Crippen LogP contribution is 2.30. The molecule has 2 aliphatic rings. The molecule has 1 aromatic carbocycles. The van der Waals surface area contributed by atoms with Crippen molar-refractivity contribution in [1.29, 1.82) is 0 Å². The van der Waals surface area contributed by atoms with E-state index in [1.807, 2.05) is 18.2 Å². The maximum absolute atomic E-state index is 6.01. The lowest BCUT2D eigenvalue weighted by Crippen LogP contribution is -2.42. The summed E-state index contributed by atoms with van der Waals surface area (Å²) in [5.41, 5.74) is 7.08. The number of nitrogens with two attached hydrogens (primary N) is 1. The first-order valence-electron chi connectivity index (χ1n) is 8.92. The van der Waals surface area contributed by atoms with Crippen LogP contribution in [0.15, 0.2) is 23.2 Å². The van der Waals surface area contributed by atoms with Crippen LogP contribution in [-0.2, 0) is 6.54 Å². The Morgan fingerprint density at radius 1 is 1.29 bits per heavy atom. The SMILES string of the molecule is CCN1CCCC1CNC(N)=NCc1ccc2c(c1)OCCCO2. The second kappa shape index (κ2) is 8.24. The Kier molecular flexibility index (Phi) is 5.80. The van der Waals surface area contributed by atoms with Gasteiger partial charge in [0, 0.05) is 19.0 Å². The lowest BCUT2D eigenvalue weighted by molar-refractivity contribution is 0.267. The maximum atomic E-state index is 6.01. The van der Waals surface area contributed by atoms with Gasteiger partial charge in [0.25, 0.3) is 0 Å². The van der Waals surface area contributed by atoms with Crippen molar-refractivity contribution >= 4 is 5.96 Å². The van der Waals surface area contributed by atoms with Gasteiger partial charge in [-0.3, -0.25) is 4.90 Å². The van der Waals surface area contributed by atoms with Gasteiger partial charge in [-0.2, -0.15) is 0 Å². The van der Waals surface area contributed by atoms with Crippen LogP contribution in [0.25, 0.3) is 0 Å². The van der Waals surface area contributed by atoms with E-state index in [-0.39, 0.29) is 0 Å². The van der Waals surface area contributed by atoms with E-state index in [1.165, 1.54) is 19.4 Å². The highest BCUT2D eigenvalue weighted by molar-refractivity contribution is 5.77. The monoisotopic (exact) mass is 332 g/mol. The molecule has 1 aromatic rings. The molecule has 0 aliphatic carbocycles. The topological polar surface area (TPSA) is 72.1 Å². The molecule has 24 heavy (non-hydrogen) atoms. The number of likely N-dealkylation sites (N-methyl/N-ethyl adjacent to an activating group) is 1. The van der Waals surface area contributed by atoms with Gasteiger partial charge in [0.2, 0.25) is 0 Å². The molecule has 1 saturated heterocycles. The van der Waals surface area contributed by atoms with E-state index in [4.69, 9.17) is 15.2 Å². The summed E-state index contributed by atoms with van der Waals surface area (Å²) in [6.07, 6.45) is 3.42. The van der Waals surface area contributed by atoms with Crippen LogP contribution in [0.1, 0.15) is 31.7 Å². The molecule has 0 saturated carbocycles. The van der Waals surface area contributed by atoms with Gasteiger partial charge in [0.05, 0.1) is 19.8 Å².